The highest BCUT2D eigenvalue weighted by Gasteiger charge is 2.32. The first-order valence-electron chi connectivity index (χ1n) is 10.4. The number of nitrogens with zero attached hydrogens (tertiary/aromatic N) is 5. The molecule has 170 valence electrons. The van der Waals surface area contributed by atoms with Gasteiger partial charge in [0.25, 0.3) is 0 Å². The van der Waals surface area contributed by atoms with E-state index in [-0.39, 0.29) is 12.0 Å². The fraction of sp³-hybridized carbons (Fsp3) is 0.455. The highest BCUT2D eigenvalue weighted by Crippen LogP contribution is 2.33. The number of hydrogen-bond donors (Lipinski definition) is 1. The molecule has 10 heteroatoms. The largest absolute Gasteiger partial charge is 0.493 e. The quantitative estimate of drug-likeness (QED) is 0.642. The van der Waals surface area contributed by atoms with Crippen molar-refractivity contribution in [1.29, 1.82) is 0 Å². The summed E-state index contributed by atoms with van der Waals surface area (Å²) in [6, 6.07) is 5.53. The molecule has 4 rings (SSSR count). The smallest absolute Gasteiger partial charge is 0.410 e. The van der Waals surface area contributed by atoms with Crippen LogP contribution in [0.2, 0.25) is 0 Å². The number of methoxy groups -OCH3 is 2. The number of ether oxygens (including phenoxy) is 3. The third-order valence-electron chi connectivity index (χ3n) is 5.18. The van der Waals surface area contributed by atoms with Gasteiger partial charge in [0.05, 0.1) is 26.1 Å². The SMILES string of the molecule is COc1ccc(Nc2nc(C3CCN(C(=O)OC(C)(C)C)C3)cn3ncnc23)cc1OC. The number of hydrogen-bond acceptors (Lipinski definition) is 8. The lowest BCUT2D eigenvalue weighted by Crippen LogP contribution is -2.35. The molecule has 1 aromatic carbocycles. The summed E-state index contributed by atoms with van der Waals surface area (Å²) < 4.78 is 17.9. The van der Waals surface area contributed by atoms with E-state index in [9.17, 15) is 4.79 Å². The van der Waals surface area contributed by atoms with Gasteiger partial charge in [0.2, 0.25) is 0 Å². The van der Waals surface area contributed by atoms with Crippen molar-refractivity contribution in [2.24, 2.45) is 0 Å². The van der Waals surface area contributed by atoms with Gasteiger partial charge in [-0.05, 0) is 39.3 Å². The van der Waals surface area contributed by atoms with Crippen LogP contribution >= 0.6 is 0 Å². The zero-order valence-electron chi connectivity index (χ0n) is 19.0. The van der Waals surface area contributed by atoms with Gasteiger partial charge in [-0.3, -0.25) is 0 Å². The molecule has 1 aliphatic heterocycles. The van der Waals surface area contributed by atoms with Crippen LogP contribution in [-0.2, 0) is 4.74 Å². The monoisotopic (exact) mass is 440 g/mol. The Kier molecular flexibility index (Phi) is 5.77. The third-order valence-corrected chi connectivity index (χ3v) is 5.18. The maximum absolute atomic E-state index is 12.5. The minimum Gasteiger partial charge on any atom is -0.493 e. The highest BCUT2D eigenvalue weighted by molar-refractivity contribution is 5.71. The van der Waals surface area contributed by atoms with Gasteiger partial charge in [-0.1, -0.05) is 0 Å². The van der Waals surface area contributed by atoms with E-state index in [1.807, 2.05) is 45.2 Å². The molecular weight excluding hydrogens is 412 g/mol. The third kappa shape index (κ3) is 4.53. The van der Waals surface area contributed by atoms with E-state index in [0.29, 0.717) is 36.1 Å². The van der Waals surface area contributed by atoms with Crippen LogP contribution in [0.3, 0.4) is 0 Å². The van der Waals surface area contributed by atoms with Crippen molar-refractivity contribution >= 4 is 23.2 Å². The molecular formula is C22H28N6O4. The van der Waals surface area contributed by atoms with Crippen molar-refractivity contribution in [3.8, 4) is 11.5 Å². The van der Waals surface area contributed by atoms with Gasteiger partial charge in [0, 0.05) is 30.8 Å². The minimum absolute atomic E-state index is 0.0714. The lowest BCUT2D eigenvalue weighted by molar-refractivity contribution is 0.0292. The second kappa shape index (κ2) is 8.52. The summed E-state index contributed by atoms with van der Waals surface area (Å²) in [5.41, 5.74) is 1.69. The molecule has 0 saturated carbocycles. The summed E-state index contributed by atoms with van der Waals surface area (Å²) >= 11 is 0. The molecule has 10 nitrogen and oxygen atoms in total. The Balaban J connectivity index is 1.58. The van der Waals surface area contributed by atoms with Crippen LogP contribution in [0.25, 0.3) is 5.65 Å². The van der Waals surface area contributed by atoms with Gasteiger partial charge in [-0.2, -0.15) is 5.10 Å². The van der Waals surface area contributed by atoms with Gasteiger partial charge < -0.3 is 24.4 Å². The number of likely N-dealkylation sites (tertiary alicyclic amines) is 1. The summed E-state index contributed by atoms with van der Waals surface area (Å²) in [6.07, 6.45) is 3.85. The Labute approximate surface area is 186 Å². The molecule has 0 radical (unpaired) electrons. The van der Waals surface area contributed by atoms with Gasteiger partial charge in [0.15, 0.2) is 23.0 Å². The molecule has 32 heavy (non-hydrogen) atoms. The number of nitrogens with one attached hydrogen (secondary N) is 1. The molecule has 1 atom stereocenters. The molecule has 0 aliphatic carbocycles. The highest BCUT2D eigenvalue weighted by atomic mass is 16.6. The van der Waals surface area contributed by atoms with E-state index >= 15 is 0 Å². The van der Waals surface area contributed by atoms with E-state index in [1.54, 1.807) is 23.6 Å². The van der Waals surface area contributed by atoms with Crippen molar-refractivity contribution in [3.63, 3.8) is 0 Å². The van der Waals surface area contributed by atoms with Gasteiger partial charge in [0.1, 0.15) is 11.9 Å². The van der Waals surface area contributed by atoms with Crippen LogP contribution < -0.4 is 14.8 Å². The Bertz CT molecular complexity index is 1120. The molecule has 1 unspecified atom stereocenters. The molecule has 1 N–H and O–H groups in total. The van der Waals surface area contributed by atoms with Crippen molar-refractivity contribution in [2.75, 3.05) is 32.6 Å². The summed E-state index contributed by atoms with van der Waals surface area (Å²) in [5.74, 6) is 1.89. The van der Waals surface area contributed by atoms with E-state index in [1.165, 1.54) is 6.33 Å². The topological polar surface area (TPSA) is 103 Å². The van der Waals surface area contributed by atoms with Gasteiger partial charge in [-0.25, -0.2) is 19.3 Å². The molecule has 1 saturated heterocycles. The number of carbonyl (C=O) groups is 1. The van der Waals surface area contributed by atoms with Crippen LogP contribution in [-0.4, -0.2) is 63.5 Å². The van der Waals surface area contributed by atoms with E-state index in [4.69, 9.17) is 19.2 Å². The zero-order valence-corrected chi connectivity index (χ0v) is 19.0. The lowest BCUT2D eigenvalue weighted by atomic mass is 10.1. The first-order valence-corrected chi connectivity index (χ1v) is 10.4. The number of fused-ring (bicyclic) bond motifs is 1. The van der Waals surface area contributed by atoms with Crippen molar-refractivity contribution < 1.29 is 19.0 Å². The predicted octanol–water partition coefficient (Wildman–Crippen LogP) is 3.61. The Hall–Kier alpha value is -3.56. The molecule has 1 amide bonds. The van der Waals surface area contributed by atoms with Gasteiger partial charge in [-0.15, -0.1) is 0 Å². The van der Waals surface area contributed by atoms with Gasteiger partial charge >= 0.3 is 6.09 Å². The molecule has 3 aromatic rings. The van der Waals surface area contributed by atoms with Crippen molar-refractivity contribution in [3.05, 3.63) is 36.4 Å². The molecule has 3 heterocycles. The van der Waals surface area contributed by atoms with Crippen LogP contribution in [0.5, 0.6) is 11.5 Å². The second-order valence-electron chi connectivity index (χ2n) is 8.65. The molecule has 1 fully saturated rings. The average Bonchev–Trinajstić information content (AvgIpc) is 3.42. The number of benzene rings is 1. The van der Waals surface area contributed by atoms with E-state index < -0.39 is 5.60 Å². The maximum atomic E-state index is 12.5. The normalized spacial score (nSPS) is 16.3. The zero-order chi connectivity index (χ0) is 22.9. The molecule has 2 aromatic heterocycles. The maximum Gasteiger partial charge on any atom is 0.410 e. The van der Waals surface area contributed by atoms with Crippen molar-refractivity contribution in [1.82, 2.24) is 24.5 Å². The minimum atomic E-state index is -0.524. The fourth-order valence-corrected chi connectivity index (χ4v) is 3.67. The van der Waals surface area contributed by atoms with E-state index in [2.05, 4.69) is 15.4 Å². The average molecular weight is 441 g/mol. The van der Waals surface area contributed by atoms with Crippen LogP contribution in [0.4, 0.5) is 16.3 Å². The summed E-state index contributed by atoms with van der Waals surface area (Å²) in [6.45, 7) is 6.76. The predicted molar refractivity (Wildman–Crippen MR) is 119 cm³/mol. The Morgan fingerprint density at radius 3 is 2.69 bits per heavy atom. The number of anilines is 2. The Morgan fingerprint density at radius 1 is 1.19 bits per heavy atom. The number of aromatic nitrogens is 4. The number of carbonyl (C=O) groups excluding carboxylic acids is 1. The van der Waals surface area contributed by atoms with E-state index in [0.717, 1.165) is 17.8 Å². The molecule has 0 bridgehead atoms. The number of rotatable bonds is 5. The fourth-order valence-electron chi connectivity index (χ4n) is 3.67. The van der Waals surface area contributed by atoms with Crippen LogP contribution in [0.15, 0.2) is 30.7 Å². The number of amides is 1. The summed E-state index contributed by atoms with van der Waals surface area (Å²) in [5, 5.41) is 7.61. The standard InChI is InChI=1S/C22H28N6O4/c1-22(2,3)32-21(29)27-9-8-14(11-27)16-12-28-20(23-13-24-28)19(26-16)25-15-6-7-17(30-4)18(10-15)31-5/h6-7,10,12-14H,8-9,11H2,1-5H3,(H,25,26). The molecule has 0 spiro atoms. The first kappa shape index (κ1) is 21.7. The van der Waals surface area contributed by atoms with Crippen LogP contribution in [0.1, 0.15) is 38.8 Å². The second-order valence-corrected chi connectivity index (χ2v) is 8.65. The molecule has 1 aliphatic rings. The summed E-state index contributed by atoms with van der Waals surface area (Å²) in [7, 11) is 3.19. The summed E-state index contributed by atoms with van der Waals surface area (Å²) in [4.78, 5) is 23.3. The Morgan fingerprint density at radius 2 is 1.97 bits per heavy atom. The van der Waals surface area contributed by atoms with Crippen LogP contribution in [0, 0.1) is 0 Å². The lowest BCUT2D eigenvalue weighted by Gasteiger charge is -2.24. The van der Waals surface area contributed by atoms with Crippen molar-refractivity contribution in [2.45, 2.75) is 38.7 Å². The first-order chi connectivity index (χ1) is 15.3.